The molecule has 0 amide bonds. The highest BCUT2D eigenvalue weighted by Crippen LogP contribution is 2.07. The highest BCUT2D eigenvalue weighted by atomic mass is 16.5. The molecule has 0 spiro atoms. The lowest BCUT2D eigenvalue weighted by Gasteiger charge is -2.08. The summed E-state index contributed by atoms with van der Waals surface area (Å²) in [5, 5.41) is 3.21. The molecule has 1 aliphatic heterocycles. The molecule has 1 aromatic rings. The molecule has 0 unspecified atom stereocenters. The van der Waals surface area contributed by atoms with Crippen LogP contribution >= 0.6 is 0 Å². The minimum atomic E-state index is 0.243. The molecule has 0 saturated carbocycles. The lowest BCUT2D eigenvalue weighted by Crippen LogP contribution is -2.20. The molecule has 1 aromatic heterocycles. The van der Waals surface area contributed by atoms with E-state index < -0.39 is 0 Å². The second kappa shape index (κ2) is 3.49. The van der Waals surface area contributed by atoms with Gasteiger partial charge in [-0.1, -0.05) is 0 Å². The number of hydrogen-bond donors (Lipinski definition) is 1. The summed E-state index contributed by atoms with van der Waals surface area (Å²) in [6, 6.07) is 2.26. The zero-order valence-electron chi connectivity index (χ0n) is 6.73. The van der Waals surface area contributed by atoms with E-state index in [9.17, 15) is 0 Å². The third-order valence-corrected chi connectivity index (χ3v) is 1.83. The van der Waals surface area contributed by atoms with Crippen molar-refractivity contribution in [3.63, 3.8) is 0 Å². The van der Waals surface area contributed by atoms with E-state index in [-0.39, 0.29) is 6.10 Å². The van der Waals surface area contributed by atoms with Gasteiger partial charge in [-0.3, -0.25) is 0 Å². The summed E-state index contributed by atoms with van der Waals surface area (Å²) in [5.74, 6) is 0. The first-order chi connectivity index (χ1) is 5.95. The molecule has 4 nitrogen and oxygen atoms in total. The summed E-state index contributed by atoms with van der Waals surface area (Å²) < 4.78 is 5.49. The van der Waals surface area contributed by atoms with Gasteiger partial charge in [-0.2, -0.15) is 0 Å². The Balaban J connectivity index is 1.94. The summed E-state index contributed by atoms with van der Waals surface area (Å²) in [7, 11) is 0. The van der Waals surface area contributed by atoms with Gasteiger partial charge in [0.05, 0.1) is 0 Å². The first kappa shape index (κ1) is 7.49. The summed E-state index contributed by atoms with van der Waals surface area (Å²) in [4.78, 5) is 7.96. The Morgan fingerprint density at radius 1 is 1.42 bits per heavy atom. The lowest BCUT2D eigenvalue weighted by molar-refractivity contribution is 0.204. The van der Waals surface area contributed by atoms with Crippen LogP contribution in [0.25, 0.3) is 0 Å². The van der Waals surface area contributed by atoms with E-state index in [1.165, 1.54) is 0 Å². The van der Waals surface area contributed by atoms with Crippen LogP contribution in [0.5, 0.6) is 6.01 Å². The predicted molar refractivity (Wildman–Crippen MR) is 43.9 cm³/mol. The van der Waals surface area contributed by atoms with Crippen molar-refractivity contribution in [1.82, 2.24) is 15.3 Å². The second-order valence-corrected chi connectivity index (χ2v) is 2.76. The van der Waals surface area contributed by atoms with Crippen LogP contribution < -0.4 is 10.1 Å². The van der Waals surface area contributed by atoms with E-state index in [1.807, 2.05) is 0 Å². The highest BCUT2D eigenvalue weighted by Gasteiger charge is 2.16. The molecular formula is C8H11N3O. The van der Waals surface area contributed by atoms with Crippen molar-refractivity contribution in [2.24, 2.45) is 0 Å². The molecule has 12 heavy (non-hydrogen) atoms. The SMILES string of the molecule is c1cnc(O[C@@H]2CCNC2)nc1. The second-order valence-electron chi connectivity index (χ2n) is 2.76. The Morgan fingerprint density at radius 2 is 2.25 bits per heavy atom. The molecule has 2 heterocycles. The molecule has 0 bridgehead atoms. The molecule has 2 rings (SSSR count). The Hall–Kier alpha value is -1.16. The molecule has 64 valence electrons. The van der Waals surface area contributed by atoms with Crippen molar-refractivity contribution in [1.29, 1.82) is 0 Å². The third kappa shape index (κ3) is 1.71. The van der Waals surface area contributed by atoms with Gasteiger partial charge in [-0.15, -0.1) is 0 Å². The fraction of sp³-hybridized carbons (Fsp3) is 0.500. The standard InChI is InChI=1S/C8H11N3O/c1-3-10-8(11-4-1)12-7-2-5-9-6-7/h1,3-4,7,9H,2,5-6H2/t7-/m1/s1. The maximum atomic E-state index is 5.49. The van der Waals surface area contributed by atoms with Crippen LogP contribution in [-0.2, 0) is 0 Å². The molecule has 1 aliphatic rings. The van der Waals surface area contributed by atoms with E-state index in [0.717, 1.165) is 19.5 Å². The van der Waals surface area contributed by atoms with Crippen LogP contribution in [-0.4, -0.2) is 29.2 Å². The third-order valence-electron chi connectivity index (χ3n) is 1.83. The van der Waals surface area contributed by atoms with E-state index in [4.69, 9.17) is 4.74 Å². The van der Waals surface area contributed by atoms with E-state index in [0.29, 0.717) is 6.01 Å². The highest BCUT2D eigenvalue weighted by molar-refractivity contribution is 4.95. The van der Waals surface area contributed by atoms with Gasteiger partial charge in [0.1, 0.15) is 6.10 Å². The number of ether oxygens (including phenoxy) is 1. The predicted octanol–water partition coefficient (Wildman–Crippen LogP) is 0.217. The normalized spacial score (nSPS) is 22.5. The van der Waals surface area contributed by atoms with Crippen LogP contribution in [0.4, 0.5) is 0 Å². The summed E-state index contributed by atoms with van der Waals surface area (Å²) in [5.41, 5.74) is 0. The summed E-state index contributed by atoms with van der Waals surface area (Å²) >= 11 is 0. The topological polar surface area (TPSA) is 47.0 Å². The number of hydrogen-bond acceptors (Lipinski definition) is 4. The van der Waals surface area contributed by atoms with E-state index in [2.05, 4.69) is 15.3 Å². The fourth-order valence-corrected chi connectivity index (χ4v) is 1.22. The number of nitrogens with one attached hydrogen (secondary N) is 1. The first-order valence-electron chi connectivity index (χ1n) is 4.09. The van der Waals surface area contributed by atoms with Gasteiger partial charge in [0.25, 0.3) is 0 Å². The van der Waals surface area contributed by atoms with Gasteiger partial charge < -0.3 is 10.1 Å². The number of nitrogens with zero attached hydrogens (tertiary/aromatic N) is 2. The molecule has 1 N–H and O–H groups in total. The van der Waals surface area contributed by atoms with Crippen LogP contribution in [0.1, 0.15) is 6.42 Å². The monoisotopic (exact) mass is 165 g/mol. The van der Waals surface area contributed by atoms with E-state index in [1.54, 1.807) is 18.5 Å². The fourth-order valence-electron chi connectivity index (χ4n) is 1.22. The van der Waals surface area contributed by atoms with Gasteiger partial charge in [0.2, 0.25) is 0 Å². The van der Waals surface area contributed by atoms with Gasteiger partial charge in [-0.05, 0) is 19.0 Å². The zero-order chi connectivity index (χ0) is 8.23. The van der Waals surface area contributed by atoms with Gasteiger partial charge in [0.15, 0.2) is 0 Å². The minimum Gasteiger partial charge on any atom is -0.459 e. The van der Waals surface area contributed by atoms with Crippen molar-refractivity contribution >= 4 is 0 Å². The molecule has 1 fully saturated rings. The smallest absolute Gasteiger partial charge is 0.316 e. The molecule has 1 atom stereocenters. The molecular weight excluding hydrogens is 154 g/mol. The maximum Gasteiger partial charge on any atom is 0.316 e. The Labute approximate surface area is 71.0 Å². The summed E-state index contributed by atoms with van der Waals surface area (Å²) in [6.45, 7) is 1.93. The average molecular weight is 165 g/mol. The Bertz CT molecular complexity index is 233. The largest absolute Gasteiger partial charge is 0.459 e. The quantitative estimate of drug-likeness (QED) is 0.681. The molecule has 0 aromatic carbocycles. The minimum absolute atomic E-state index is 0.243. The van der Waals surface area contributed by atoms with Crippen molar-refractivity contribution in [3.05, 3.63) is 18.5 Å². The Morgan fingerprint density at radius 3 is 2.92 bits per heavy atom. The van der Waals surface area contributed by atoms with Gasteiger partial charge in [0, 0.05) is 18.9 Å². The Kier molecular flexibility index (Phi) is 2.18. The molecule has 4 heteroatoms. The summed E-state index contributed by atoms with van der Waals surface area (Å²) in [6.07, 6.45) is 4.65. The van der Waals surface area contributed by atoms with Crippen LogP contribution in [0.2, 0.25) is 0 Å². The van der Waals surface area contributed by atoms with Crippen molar-refractivity contribution in [3.8, 4) is 6.01 Å². The van der Waals surface area contributed by atoms with Gasteiger partial charge in [-0.25, -0.2) is 9.97 Å². The number of rotatable bonds is 2. The molecule has 0 aliphatic carbocycles. The van der Waals surface area contributed by atoms with Gasteiger partial charge >= 0.3 is 6.01 Å². The van der Waals surface area contributed by atoms with Crippen molar-refractivity contribution in [2.75, 3.05) is 13.1 Å². The van der Waals surface area contributed by atoms with Crippen LogP contribution in [0.15, 0.2) is 18.5 Å². The zero-order valence-corrected chi connectivity index (χ0v) is 6.73. The van der Waals surface area contributed by atoms with Crippen molar-refractivity contribution in [2.45, 2.75) is 12.5 Å². The maximum absolute atomic E-state index is 5.49. The average Bonchev–Trinajstić information content (AvgIpc) is 2.59. The van der Waals surface area contributed by atoms with Crippen molar-refractivity contribution < 1.29 is 4.74 Å². The lowest BCUT2D eigenvalue weighted by atomic mass is 10.3. The number of aromatic nitrogens is 2. The van der Waals surface area contributed by atoms with Crippen LogP contribution in [0.3, 0.4) is 0 Å². The molecule has 0 radical (unpaired) electrons. The van der Waals surface area contributed by atoms with E-state index >= 15 is 0 Å². The van der Waals surface area contributed by atoms with Crippen LogP contribution in [0, 0.1) is 0 Å². The first-order valence-corrected chi connectivity index (χ1v) is 4.09. The molecule has 1 saturated heterocycles.